The van der Waals surface area contributed by atoms with Gasteiger partial charge in [0.15, 0.2) is 10.7 Å². The molecule has 0 saturated carbocycles. The summed E-state index contributed by atoms with van der Waals surface area (Å²) in [4.78, 5) is 34.1. The number of hydrogen-bond acceptors (Lipinski definition) is 6. The molecule has 0 radical (unpaired) electrons. The molecule has 2 spiro atoms. The first kappa shape index (κ1) is 17.9. The molecule has 7 nitrogen and oxygen atoms in total. The molecule has 0 aliphatic carbocycles. The Hall–Kier alpha value is -2.97. The fraction of sp³-hybridized carbons (Fsp3) is 0.273. The number of aryl methyl sites for hydroxylation is 1. The number of amides is 1. The molecule has 1 saturated heterocycles. The van der Waals surface area contributed by atoms with Gasteiger partial charge >= 0.3 is 0 Å². The van der Waals surface area contributed by atoms with E-state index in [9.17, 15) is 9.59 Å². The standard InChI is InChI=1S/C22H19N5O2S/c1-13-7-9-14(10-8-13)16-11-26(2)21(15-5-3-4-6-17(15)25-18(21)28)22(16)19(29)27-20(30-22)23-12-24-27/h3-10,12,16H,11H2,1-2H3,(H,25,28)/t16-,21+,22-/m0/s1. The normalized spacial score (nSPS) is 29.6. The van der Waals surface area contributed by atoms with E-state index in [1.54, 1.807) is 0 Å². The lowest BCUT2D eigenvalue weighted by molar-refractivity contribution is -0.126. The molecule has 3 aliphatic rings. The van der Waals surface area contributed by atoms with Crippen LogP contribution in [0.2, 0.25) is 0 Å². The van der Waals surface area contributed by atoms with Crippen molar-refractivity contribution < 1.29 is 9.59 Å². The molecule has 150 valence electrons. The summed E-state index contributed by atoms with van der Waals surface area (Å²) in [5, 5.41) is 7.75. The molecule has 0 bridgehead atoms. The van der Waals surface area contributed by atoms with Crippen LogP contribution in [0.4, 0.5) is 5.69 Å². The molecule has 3 aromatic rings. The number of thioether (sulfide) groups is 1. The SMILES string of the molecule is Cc1ccc([C@@H]2CN(C)[C@]3(C(=O)Nc4ccccc43)[C@]23Sc2ncnn2C3=O)cc1. The number of likely N-dealkylation sites (tertiary alicyclic amines) is 1. The van der Waals surface area contributed by atoms with E-state index in [2.05, 4.69) is 39.7 Å². The second-order valence-electron chi connectivity index (χ2n) is 8.15. The number of benzene rings is 2. The van der Waals surface area contributed by atoms with Crippen LogP contribution in [0, 0.1) is 6.92 Å². The number of fused-ring (bicyclic) bond motifs is 4. The third-order valence-electron chi connectivity index (χ3n) is 6.71. The van der Waals surface area contributed by atoms with E-state index in [0.717, 1.165) is 22.4 Å². The maximum Gasteiger partial charge on any atom is 0.269 e. The van der Waals surface area contributed by atoms with Gasteiger partial charge in [-0.15, -0.1) is 0 Å². The number of hydrogen-bond donors (Lipinski definition) is 1. The molecule has 3 aliphatic heterocycles. The molecule has 0 unspecified atom stereocenters. The monoisotopic (exact) mass is 417 g/mol. The largest absolute Gasteiger partial charge is 0.324 e. The first-order chi connectivity index (χ1) is 14.5. The highest BCUT2D eigenvalue weighted by Gasteiger charge is 2.77. The molecule has 2 aromatic carbocycles. The molecule has 1 fully saturated rings. The second-order valence-corrected chi connectivity index (χ2v) is 9.36. The number of carbonyl (C=O) groups is 2. The van der Waals surface area contributed by atoms with Gasteiger partial charge in [-0.05, 0) is 25.6 Å². The van der Waals surface area contributed by atoms with Crippen LogP contribution in [0.15, 0.2) is 60.0 Å². The number of para-hydroxylation sites is 1. The predicted molar refractivity (Wildman–Crippen MR) is 113 cm³/mol. The number of rotatable bonds is 1. The van der Waals surface area contributed by atoms with Crippen molar-refractivity contribution in [2.45, 2.75) is 28.3 Å². The van der Waals surface area contributed by atoms with E-state index in [4.69, 9.17) is 0 Å². The highest BCUT2D eigenvalue weighted by atomic mass is 32.2. The number of aromatic nitrogens is 3. The van der Waals surface area contributed by atoms with Gasteiger partial charge in [-0.2, -0.15) is 9.78 Å². The number of nitrogens with one attached hydrogen (secondary N) is 1. The average Bonchev–Trinajstić information content (AvgIpc) is 3.44. The van der Waals surface area contributed by atoms with Crippen LogP contribution in [0.1, 0.15) is 27.4 Å². The van der Waals surface area contributed by atoms with Crippen LogP contribution in [0.25, 0.3) is 0 Å². The minimum absolute atomic E-state index is 0.174. The molecule has 30 heavy (non-hydrogen) atoms. The van der Waals surface area contributed by atoms with Crippen molar-refractivity contribution in [1.29, 1.82) is 0 Å². The van der Waals surface area contributed by atoms with E-state index in [1.165, 1.54) is 22.8 Å². The van der Waals surface area contributed by atoms with E-state index in [1.807, 2.05) is 43.1 Å². The Morgan fingerprint density at radius 1 is 1.13 bits per heavy atom. The third kappa shape index (κ3) is 1.87. The number of carbonyl (C=O) groups excluding carboxylic acids is 2. The smallest absolute Gasteiger partial charge is 0.269 e. The molecule has 1 aromatic heterocycles. The molecule has 6 rings (SSSR count). The van der Waals surface area contributed by atoms with Gasteiger partial charge in [0.1, 0.15) is 11.1 Å². The fourth-order valence-corrected chi connectivity index (χ4v) is 7.08. The lowest BCUT2D eigenvalue weighted by atomic mass is 9.72. The fourth-order valence-electron chi connectivity index (χ4n) is 5.44. The van der Waals surface area contributed by atoms with Gasteiger partial charge in [-0.3, -0.25) is 14.5 Å². The maximum absolute atomic E-state index is 14.0. The summed E-state index contributed by atoms with van der Waals surface area (Å²) in [5.41, 5.74) is 2.62. The van der Waals surface area contributed by atoms with Crippen LogP contribution in [-0.2, 0) is 10.3 Å². The van der Waals surface area contributed by atoms with Crippen molar-refractivity contribution in [3.8, 4) is 0 Å². The van der Waals surface area contributed by atoms with Crippen LogP contribution in [-0.4, -0.2) is 49.8 Å². The van der Waals surface area contributed by atoms with E-state index >= 15 is 0 Å². The Balaban J connectivity index is 1.66. The minimum atomic E-state index is -1.15. The highest BCUT2D eigenvalue weighted by molar-refractivity contribution is 8.01. The Labute approximate surface area is 177 Å². The quantitative estimate of drug-likeness (QED) is 0.656. The Morgan fingerprint density at radius 3 is 2.67 bits per heavy atom. The van der Waals surface area contributed by atoms with Gasteiger partial charge in [0.2, 0.25) is 0 Å². The minimum Gasteiger partial charge on any atom is -0.324 e. The van der Waals surface area contributed by atoms with Crippen molar-refractivity contribution in [3.05, 3.63) is 71.5 Å². The number of nitrogens with zero attached hydrogens (tertiary/aromatic N) is 4. The van der Waals surface area contributed by atoms with Crippen LogP contribution >= 0.6 is 11.8 Å². The molecule has 3 atom stereocenters. The summed E-state index contributed by atoms with van der Waals surface area (Å²) < 4.78 is 0.255. The Bertz CT molecular complexity index is 1220. The number of likely N-dealkylation sites (N-methyl/N-ethyl adjacent to an activating group) is 1. The molecule has 1 N–H and O–H groups in total. The average molecular weight is 417 g/mol. The second kappa shape index (κ2) is 5.80. The summed E-state index contributed by atoms with van der Waals surface area (Å²) in [6, 6.07) is 15.9. The molecule has 1 amide bonds. The predicted octanol–water partition coefficient (Wildman–Crippen LogP) is 2.65. The lowest BCUT2D eigenvalue weighted by Gasteiger charge is -2.41. The molecule has 8 heteroatoms. The summed E-state index contributed by atoms with van der Waals surface area (Å²) >= 11 is 1.37. The molecule has 4 heterocycles. The zero-order valence-corrected chi connectivity index (χ0v) is 17.3. The first-order valence-electron chi connectivity index (χ1n) is 9.83. The summed E-state index contributed by atoms with van der Waals surface area (Å²) in [7, 11) is 1.93. The summed E-state index contributed by atoms with van der Waals surface area (Å²) in [6.45, 7) is 2.60. The van der Waals surface area contributed by atoms with E-state index < -0.39 is 10.3 Å². The van der Waals surface area contributed by atoms with Gasteiger partial charge < -0.3 is 5.32 Å². The summed E-state index contributed by atoms with van der Waals surface area (Å²) in [6.07, 6.45) is 1.39. The van der Waals surface area contributed by atoms with Crippen molar-refractivity contribution in [2.24, 2.45) is 0 Å². The zero-order valence-electron chi connectivity index (χ0n) is 16.5. The van der Waals surface area contributed by atoms with Gasteiger partial charge in [0.05, 0.1) is 0 Å². The van der Waals surface area contributed by atoms with Crippen molar-refractivity contribution in [1.82, 2.24) is 19.7 Å². The Kier molecular flexibility index (Phi) is 3.45. The summed E-state index contributed by atoms with van der Waals surface area (Å²) in [5.74, 6) is -0.574. The highest BCUT2D eigenvalue weighted by Crippen LogP contribution is 2.66. The zero-order chi connectivity index (χ0) is 20.7. The van der Waals surface area contributed by atoms with Gasteiger partial charge in [0.25, 0.3) is 11.8 Å². The van der Waals surface area contributed by atoms with Gasteiger partial charge in [-0.1, -0.05) is 59.8 Å². The maximum atomic E-state index is 14.0. The third-order valence-corrected chi connectivity index (χ3v) is 8.25. The van der Waals surface area contributed by atoms with Gasteiger partial charge in [0, 0.05) is 23.7 Å². The van der Waals surface area contributed by atoms with E-state index in [-0.39, 0.29) is 17.7 Å². The molecular formula is C22H19N5O2S. The van der Waals surface area contributed by atoms with Crippen LogP contribution < -0.4 is 5.32 Å². The van der Waals surface area contributed by atoms with Crippen LogP contribution in [0.5, 0.6) is 0 Å². The van der Waals surface area contributed by atoms with Gasteiger partial charge in [-0.25, -0.2) is 4.98 Å². The first-order valence-corrected chi connectivity index (χ1v) is 10.6. The van der Waals surface area contributed by atoms with Crippen LogP contribution in [0.3, 0.4) is 0 Å². The van der Waals surface area contributed by atoms with Crippen molar-refractivity contribution >= 4 is 29.3 Å². The van der Waals surface area contributed by atoms with E-state index in [0.29, 0.717) is 11.7 Å². The topological polar surface area (TPSA) is 80.1 Å². The lowest BCUT2D eigenvalue weighted by Crippen LogP contribution is -2.61. The molecular weight excluding hydrogens is 398 g/mol. The Morgan fingerprint density at radius 2 is 1.90 bits per heavy atom. The number of anilines is 1. The van der Waals surface area contributed by atoms with Crippen molar-refractivity contribution in [2.75, 3.05) is 18.9 Å². The van der Waals surface area contributed by atoms with Crippen molar-refractivity contribution in [3.63, 3.8) is 0 Å².